The standard InChI is InChI=1S/C13H14FN5O/c14-11-3-1-9(2-4-11)5-6-16-13-17-7-10(8-18-13)12(20)19-15/h1-4,7-8H,5-6,15H2,(H,19,20)(H,16,17,18). The van der Waals surface area contributed by atoms with E-state index in [1.54, 1.807) is 12.1 Å². The zero-order chi connectivity index (χ0) is 14.4. The van der Waals surface area contributed by atoms with Crippen molar-refractivity contribution in [1.29, 1.82) is 0 Å². The summed E-state index contributed by atoms with van der Waals surface area (Å²) in [5.74, 6) is 4.72. The van der Waals surface area contributed by atoms with Crippen LogP contribution in [0, 0.1) is 5.82 Å². The van der Waals surface area contributed by atoms with Crippen LogP contribution < -0.4 is 16.6 Å². The van der Waals surface area contributed by atoms with E-state index >= 15 is 0 Å². The number of nitrogens with one attached hydrogen (secondary N) is 2. The molecule has 2 rings (SSSR count). The van der Waals surface area contributed by atoms with E-state index in [0.29, 0.717) is 18.9 Å². The number of nitrogens with zero attached hydrogens (tertiary/aromatic N) is 2. The minimum Gasteiger partial charge on any atom is -0.354 e. The van der Waals surface area contributed by atoms with E-state index in [0.717, 1.165) is 5.56 Å². The molecule has 1 aromatic heterocycles. The molecule has 0 aliphatic heterocycles. The maximum atomic E-state index is 12.7. The first kappa shape index (κ1) is 13.9. The fourth-order valence-electron chi connectivity index (χ4n) is 1.59. The number of hydrogen-bond acceptors (Lipinski definition) is 5. The van der Waals surface area contributed by atoms with Crippen LogP contribution in [0.4, 0.5) is 10.3 Å². The van der Waals surface area contributed by atoms with Crippen molar-refractivity contribution < 1.29 is 9.18 Å². The summed E-state index contributed by atoms with van der Waals surface area (Å²) < 4.78 is 12.7. The zero-order valence-corrected chi connectivity index (χ0v) is 10.6. The maximum Gasteiger partial charge on any atom is 0.268 e. The van der Waals surface area contributed by atoms with Crippen molar-refractivity contribution in [2.24, 2.45) is 5.84 Å². The van der Waals surface area contributed by atoms with Gasteiger partial charge in [0.25, 0.3) is 5.91 Å². The molecular formula is C13H14FN5O. The molecule has 0 saturated heterocycles. The van der Waals surface area contributed by atoms with E-state index in [2.05, 4.69) is 15.3 Å². The van der Waals surface area contributed by atoms with Crippen molar-refractivity contribution >= 4 is 11.9 Å². The predicted molar refractivity (Wildman–Crippen MR) is 72.3 cm³/mol. The summed E-state index contributed by atoms with van der Waals surface area (Å²) in [5.41, 5.74) is 3.30. The molecule has 1 amide bonds. The van der Waals surface area contributed by atoms with Gasteiger partial charge in [-0.1, -0.05) is 12.1 Å². The summed E-state index contributed by atoms with van der Waals surface area (Å²) in [6.45, 7) is 0.605. The molecule has 0 fully saturated rings. The SMILES string of the molecule is NNC(=O)c1cnc(NCCc2ccc(F)cc2)nc1. The number of nitrogens with two attached hydrogens (primary N) is 1. The summed E-state index contributed by atoms with van der Waals surface area (Å²) >= 11 is 0. The summed E-state index contributed by atoms with van der Waals surface area (Å²) in [7, 11) is 0. The number of carbonyl (C=O) groups excluding carboxylic acids is 1. The van der Waals surface area contributed by atoms with Crippen LogP contribution >= 0.6 is 0 Å². The van der Waals surface area contributed by atoms with Crippen molar-refractivity contribution in [1.82, 2.24) is 15.4 Å². The Morgan fingerprint density at radius 1 is 1.20 bits per heavy atom. The third kappa shape index (κ3) is 3.72. The van der Waals surface area contributed by atoms with Gasteiger partial charge in [0.1, 0.15) is 5.82 Å². The second-order valence-electron chi connectivity index (χ2n) is 4.07. The number of hydrogen-bond donors (Lipinski definition) is 3. The Morgan fingerprint density at radius 2 is 1.85 bits per heavy atom. The van der Waals surface area contributed by atoms with E-state index in [1.807, 2.05) is 5.43 Å². The van der Waals surface area contributed by atoms with Crippen LogP contribution in [-0.2, 0) is 6.42 Å². The number of hydrazine groups is 1. The van der Waals surface area contributed by atoms with Crippen molar-refractivity contribution in [3.8, 4) is 0 Å². The molecule has 0 unspecified atom stereocenters. The molecule has 7 heteroatoms. The van der Waals surface area contributed by atoms with Crippen molar-refractivity contribution in [3.63, 3.8) is 0 Å². The van der Waals surface area contributed by atoms with Crippen molar-refractivity contribution in [2.45, 2.75) is 6.42 Å². The van der Waals surface area contributed by atoms with Crippen LogP contribution in [0.3, 0.4) is 0 Å². The molecule has 4 N–H and O–H groups in total. The van der Waals surface area contributed by atoms with Crippen LogP contribution in [-0.4, -0.2) is 22.4 Å². The van der Waals surface area contributed by atoms with Crippen LogP contribution in [0.5, 0.6) is 0 Å². The summed E-state index contributed by atoms with van der Waals surface area (Å²) in [5, 5.41) is 3.01. The molecule has 0 aliphatic carbocycles. The van der Waals surface area contributed by atoms with Gasteiger partial charge in [-0.2, -0.15) is 0 Å². The molecule has 104 valence electrons. The van der Waals surface area contributed by atoms with Crippen molar-refractivity contribution in [3.05, 3.63) is 53.6 Å². The highest BCUT2D eigenvalue weighted by atomic mass is 19.1. The molecule has 0 bridgehead atoms. The first-order valence-corrected chi connectivity index (χ1v) is 6.00. The number of nitrogen functional groups attached to an aromatic ring is 1. The highest BCUT2D eigenvalue weighted by molar-refractivity contribution is 5.93. The number of aromatic nitrogens is 2. The fraction of sp³-hybridized carbons (Fsp3) is 0.154. The van der Waals surface area contributed by atoms with Gasteiger partial charge in [-0.25, -0.2) is 20.2 Å². The topological polar surface area (TPSA) is 92.9 Å². The van der Waals surface area contributed by atoms with Gasteiger partial charge < -0.3 is 5.32 Å². The zero-order valence-electron chi connectivity index (χ0n) is 10.6. The smallest absolute Gasteiger partial charge is 0.268 e. The van der Waals surface area contributed by atoms with Gasteiger partial charge in [-0.05, 0) is 24.1 Å². The average Bonchev–Trinajstić information content (AvgIpc) is 2.49. The molecule has 1 heterocycles. The van der Waals surface area contributed by atoms with Crippen LogP contribution in [0.15, 0.2) is 36.7 Å². The van der Waals surface area contributed by atoms with Gasteiger partial charge in [-0.3, -0.25) is 10.2 Å². The Morgan fingerprint density at radius 3 is 2.45 bits per heavy atom. The molecule has 0 atom stereocenters. The molecule has 1 aromatic carbocycles. The highest BCUT2D eigenvalue weighted by Gasteiger charge is 2.04. The summed E-state index contributed by atoms with van der Waals surface area (Å²) in [6.07, 6.45) is 3.49. The largest absolute Gasteiger partial charge is 0.354 e. The lowest BCUT2D eigenvalue weighted by Gasteiger charge is -2.05. The van der Waals surface area contributed by atoms with Gasteiger partial charge in [0, 0.05) is 18.9 Å². The molecule has 0 saturated carbocycles. The molecule has 6 nitrogen and oxygen atoms in total. The van der Waals surface area contributed by atoms with Gasteiger partial charge in [0.2, 0.25) is 5.95 Å². The first-order chi connectivity index (χ1) is 9.69. The Labute approximate surface area is 115 Å². The monoisotopic (exact) mass is 275 g/mol. The fourth-order valence-corrected chi connectivity index (χ4v) is 1.59. The third-order valence-electron chi connectivity index (χ3n) is 2.66. The van der Waals surface area contributed by atoms with Crippen LogP contribution in [0.1, 0.15) is 15.9 Å². The molecule has 20 heavy (non-hydrogen) atoms. The maximum absolute atomic E-state index is 12.7. The van der Waals surface area contributed by atoms with E-state index in [4.69, 9.17) is 5.84 Å². The highest BCUT2D eigenvalue weighted by Crippen LogP contribution is 2.04. The normalized spacial score (nSPS) is 10.1. The van der Waals surface area contributed by atoms with Gasteiger partial charge in [-0.15, -0.1) is 0 Å². The predicted octanol–water partition coefficient (Wildman–Crippen LogP) is 0.874. The summed E-state index contributed by atoms with van der Waals surface area (Å²) in [4.78, 5) is 19.2. The number of halogens is 1. The number of anilines is 1. The third-order valence-corrected chi connectivity index (χ3v) is 2.66. The van der Waals surface area contributed by atoms with Gasteiger partial charge >= 0.3 is 0 Å². The Hall–Kier alpha value is -2.54. The van der Waals surface area contributed by atoms with Crippen molar-refractivity contribution in [2.75, 3.05) is 11.9 Å². The molecular weight excluding hydrogens is 261 g/mol. The molecule has 0 spiro atoms. The van der Waals surface area contributed by atoms with E-state index in [-0.39, 0.29) is 11.4 Å². The number of rotatable bonds is 5. The molecule has 2 aromatic rings. The lowest BCUT2D eigenvalue weighted by atomic mass is 10.1. The number of carbonyl (C=O) groups is 1. The van der Waals surface area contributed by atoms with Crippen LogP contribution in [0.25, 0.3) is 0 Å². The Balaban J connectivity index is 1.85. The number of amides is 1. The molecule has 0 radical (unpaired) electrons. The lowest BCUT2D eigenvalue weighted by Crippen LogP contribution is -2.30. The van der Waals surface area contributed by atoms with Gasteiger partial charge in [0.05, 0.1) is 5.56 Å². The second-order valence-corrected chi connectivity index (χ2v) is 4.07. The average molecular weight is 275 g/mol. The lowest BCUT2D eigenvalue weighted by molar-refractivity contribution is 0.0953. The first-order valence-electron chi connectivity index (χ1n) is 6.00. The quantitative estimate of drug-likeness (QED) is 0.428. The van der Waals surface area contributed by atoms with E-state index in [9.17, 15) is 9.18 Å². The Bertz CT molecular complexity index is 570. The van der Waals surface area contributed by atoms with Crippen LogP contribution in [0.2, 0.25) is 0 Å². The summed E-state index contributed by atoms with van der Waals surface area (Å²) in [6, 6.07) is 6.30. The van der Waals surface area contributed by atoms with Gasteiger partial charge in [0.15, 0.2) is 0 Å². The Kier molecular flexibility index (Phi) is 4.56. The number of benzene rings is 1. The minimum atomic E-state index is -0.442. The van der Waals surface area contributed by atoms with E-state index in [1.165, 1.54) is 24.5 Å². The minimum absolute atomic E-state index is 0.251. The molecule has 0 aliphatic rings. The van der Waals surface area contributed by atoms with E-state index < -0.39 is 5.91 Å². The second kappa shape index (κ2) is 6.58.